The van der Waals surface area contributed by atoms with Gasteiger partial charge in [0.05, 0.1) is 5.69 Å². The van der Waals surface area contributed by atoms with Crippen LogP contribution in [0.4, 0.5) is 5.82 Å². The quantitative estimate of drug-likeness (QED) is 0.716. The Balaban J connectivity index is 2.11. The zero-order valence-corrected chi connectivity index (χ0v) is 14.5. The van der Waals surface area contributed by atoms with Crippen LogP contribution in [0.25, 0.3) is 4.96 Å². The van der Waals surface area contributed by atoms with Crippen LogP contribution in [0.1, 0.15) is 45.7 Å². The fourth-order valence-corrected chi connectivity index (χ4v) is 3.20. The molecule has 0 aliphatic carbocycles. The Morgan fingerprint density at radius 1 is 1.38 bits per heavy atom. The van der Waals surface area contributed by atoms with Crippen molar-refractivity contribution in [1.29, 1.82) is 0 Å². The number of nitrogens with one attached hydrogen (secondary N) is 1. The van der Waals surface area contributed by atoms with Gasteiger partial charge < -0.3 is 10.2 Å². The van der Waals surface area contributed by atoms with Gasteiger partial charge in [-0.25, -0.2) is 4.98 Å². The highest BCUT2D eigenvalue weighted by Crippen LogP contribution is 2.24. The molecule has 2 rings (SSSR count). The number of aromatic nitrogens is 2. The number of imidazole rings is 1. The molecule has 1 N–H and O–H groups in total. The highest BCUT2D eigenvalue weighted by Gasteiger charge is 2.16. The first kappa shape index (κ1) is 16.3. The summed E-state index contributed by atoms with van der Waals surface area (Å²) in [6.07, 6.45) is 5.90. The van der Waals surface area contributed by atoms with Crippen molar-refractivity contribution in [3.8, 4) is 0 Å². The highest BCUT2D eigenvalue weighted by molar-refractivity contribution is 7.15. The van der Waals surface area contributed by atoms with E-state index in [1.54, 1.807) is 11.3 Å². The minimum absolute atomic E-state index is 0.668. The van der Waals surface area contributed by atoms with E-state index >= 15 is 0 Å². The monoisotopic (exact) mass is 308 g/mol. The molecule has 2 heterocycles. The highest BCUT2D eigenvalue weighted by atomic mass is 32.1. The maximum absolute atomic E-state index is 4.82. The van der Waals surface area contributed by atoms with Crippen molar-refractivity contribution in [3.05, 3.63) is 17.3 Å². The molecule has 0 spiro atoms. The summed E-state index contributed by atoms with van der Waals surface area (Å²) in [4.78, 5) is 8.22. The summed E-state index contributed by atoms with van der Waals surface area (Å²) in [5.41, 5.74) is 1.28. The summed E-state index contributed by atoms with van der Waals surface area (Å²) in [5, 5.41) is 5.66. The molecule has 0 bridgehead atoms. The van der Waals surface area contributed by atoms with E-state index in [4.69, 9.17) is 4.98 Å². The Morgan fingerprint density at radius 3 is 2.90 bits per heavy atom. The molecule has 0 saturated heterocycles. The molecule has 0 unspecified atom stereocenters. The van der Waals surface area contributed by atoms with Gasteiger partial charge >= 0.3 is 0 Å². The molecule has 5 heteroatoms. The van der Waals surface area contributed by atoms with Crippen LogP contribution >= 0.6 is 11.3 Å². The van der Waals surface area contributed by atoms with Crippen LogP contribution in [0.5, 0.6) is 0 Å². The number of unbranched alkanes of at least 4 members (excludes halogenated alkanes) is 2. The molecule has 0 atom stereocenters. The first-order valence-corrected chi connectivity index (χ1v) is 8.87. The van der Waals surface area contributed by atoms with Crippen LogP contribution in [0.2, 0.25) is 0 Å². The Kier molecular flexibility index (Phi) is 6.06. The third kappa shape index (κ3) is 4.20. The van der Waals surface area contributed by atoms with Gasteiger partial charge in [0.2, 0.25) is 0 Å². The Bertz CT molecular complexity index is 543. The Labute approximate surface area is 132 Å². The molecule has 21 heavy (non-hydrogen) atoms. The van der Waals surface area contributed by atoms with E-state index in [1.807, 2.05) is 0 Å². The summed E-state index contributed by atoms with van der Waals surface area (Å²) in [5.74, 6) is 1.80. The number of nitrogens with zero attached hydrogens (tertiary/aromatic N) is 3. The maximum Gasteiger partial charge on any atom is 0.195 e. The fourth-order valence-electron chi connectivity index (χ4n) is 2.48. The minimum atomic E-state index is 0.668. The second-order valence-electron chi connectivity index (χ2n) is 6.09. The number of anilines is 1. The van der Waals surface area contributed by atoms with Crippen molar-refractivity contribution in [2.24, 2.45) is 5.92 Å². The van der Waals surface area contributed by atoms with E-state index < -0.39 is 0 Å². The molecular weight excluding hydrogens is 280 g/mol. The largest absolute Gasteiger partial charge is 0.358 e. The smallest absolute Gasteiger partial charge is 0.195 e. The van der Waals surface area contributed by atoms with Crippen molar-refractivity contribution < 1.29 is 0 Å². The van der Waals surface area contributed by atoms with Crippen LogP contribution in [0.3, 0.4) is 0 Å². The molecule has 0 radical (unpaired) electrons. The minimum Gasteiger partial charge on any atom is -0.358 e. The van der Waals surface area contributed by atoms with Gasteiger partial charge in [0.1, 0.15) is 0 Å². The molecule has 0 aromatic carbocycles. The van der Waals surface area contributed by atoms with Crippen molar-refractivity contribution in [1.82, 2.24) is 14.7 Å². The molecule has 0 aliphatic heterocycles. The third-order valence-corrected chi connectivity index (χ3v) is 4.40. The van der Waals surface area contributed by atoms with Crippen molar-refractivity contribution in [2.75, 3.05) is 25.0 Å². The van der Waals surface area contributed by atoms with Gasteiger partial charge in [0.15, 0.2) is 10.8 Å². The van der Waals surface area contributed by atoms with Gasteiger partial charge in [-0.15, -0.1) is 11.3 Å². The lowest BCUT2D eigenvalue weighted by Crippen LogP contribution is -2.24. The first-order chi connectivity index (χ1) is 10.1. The zero-order chi connectivity index (χ0) is 15.2. The molecule has 0 fully saturated rings. The summed E-state index contributed by atoms with van der Waals surface area (Å²) in [6.45, 7) is 9.71. The maximum atomic E-state index is 4.82. The zero-order valence-electron chi connectivity index (χ0n) is 13.7. The number of thiazole rings is 1. The van der Waals surface area contributed by atoms with Gasteiger partial charge in [-0.3, -0.25) is 4.40 Å². The SMILES string of the molecule is CCCCCN(C)c1nc2sccn2c1CNCC(C)C. The standard InChI is InChI=1S/C16H28N4S/c1-5-6-7-8-19(4)15-14(12-17-11-13(2)3)20-9-10-21-16(20)18-15/h9-10,13,17H,5-8,11-12H2,1-4H3. The van der Waals surface area contributed by atoms with Crippen molar-refractivity contribution >= 4 is 22.1 Å². The molecule has 0 aliphatic rings. The molecule has 4 nitrogen and oxygen atoms in total. The first-order valence-electron chi connectivity index (χ1n) is 7.99. The van der Waals surface area contributed by atoms with E-state index in [1.165, 1.54) is 25.0 Å². The van der Waals surface area contributed by atoms with Crippen molar-refractivity contribution in [2.45, 2.75) is 46.6 Å². The second-order valence-corrected chi connectivity index (χ2v) is 6.96. The van der Waals surface area contributed by atoms with Crippen LogP contribution in [0.15, 0.2) is 11.6 Å². The van der Waals surface area contributed by atoms with E-state index in [0.29, 0.717) is 5.92 Å². The fraction of sp³-hybridized carbons (Fsp3) is 0.688. The van der Waals surface area contributed by atoms with Gasteiger partial charge in [-0.2, -0.15) is 0 Å². The predicted molar refractivity (Wildman–Crippen MR) is 92.4 cm³/mol. The number of fused-ring (bicyclic) bond motifs is 1. The van der Waals surface area contributed by atoms with E-state index in [9.17, 15) is 0 Å². The molecular formula is C16H28N4S. The van der Waals surface area contributed by atoms with Gasteiger partial charge in [-0.1, -0.05) is 33.6 Å². The van der Waals surface area contributed by atoms with E-state index in [2.05, 4.69) is 54.0 Å². The van der Waals surface area contributed by atoms with Crippen molar-refractivity contribution in [3.63, 3.8) is 0 Å². The summed E-state index contributed by atoms with van der Waals surface area (Å²) < 4.78 is 2.23. The molecule has 2 aromatic heterocycles. The van der Waals surface area contributed by atoms with Crippen LogP contribution in [-0.2, 0) is 6.54 Å². The molecule has 2 aromatic rings. The number of hydrogen-bond donors (Lipinski definition) is 1. The number of rotatable bonds is 9. The van der Waals surface area contributed by atoms with Crippen LogP contribution < -0.4 is 10.2 Å². The van der Waals surface area contributed by atoms with E-state index in [-0.39, 0.29) is 0 Å². The summed E-state index contributed by atoms with van der Waals surface area (Å²) in [7, 11) is 2.16. The predicted octanol–water partition coefficient (Wildman–Crippen LogP) is 3.77. The molecule has 0 amide bonds. The average molecular weight is 308 g/mol. The van der Waals surface area contributed by atoms with Gasteiger partial charge in [-0.05, 0) is 18.9 Å². The van der Waals surface area contributed by atoms with Gasteiger partial charge in [0.25, 0.3) is 0 Å². The lowest BCUT2D eigenvalue weighted by molar-refractivity contribution is 0.546. The second kappa shape index (κ2) is 7.80. The molecule has 0 saturated carbocycles. The third-order valence-electron chi connectivity index (χ3n) is 3.64. The lowest BCUT2D eigenvalue weighted by Gasteiger charge is -2.18. The van der Waals surface area contributed by atoms with Crippen LogP contribution in [0, 0.1) is 5.92 Å². The van der Waals surface area contributed by atoms with Crippen LogP contribution in [-0.4, -0.2) is 29.5 Å². The average Bonchev–Trinajstić information content (AvgIpc) is 3.00. The number of hydrogen-bond acceptors (Lipinski definition) is 4. The Hall–Kier alpha value is -1.07. The topological polar surface area (TPSA) is 32.6 Å². The van der Waals surface area contributed by atoms with Gasteiger partial charge in [0, 0.05) is 31.7 Å². The normalized spacial score (nSPS) is 11.7. The lowest BCUT2D eigenvalue weighted by atomic mass is 10.2. The molecule has 118 valence electrons. The Morgan fingerprint density at radius 2 is 2.19 bits per heavy atom. The summed E-state index contributed by atoms with van der Waals surface area (Å²) >= 11 is 1.71. The van der Waals surface area contributed by atoms with E-state index in [0.717, 1.165) is 30.4 Å². The summed E-state index contributed by atoms with van der Waals surface area (Å²) in [6, 6.07) is 0.